The third kappa shape index (κ3) is 6.13. The number of rotatable bonds is 5. The van der Waals surface area contributed by atoms with Crippen LogP contribution >= 0.6 is 11.6 Å². The molecule has 1 unspecified atom stereocenters. The fraction of sp³-hybridized carbons (Fsp3) is 1.00. The molecule has 9 heavy (non-hydrogen) atoms. The monoisotopic (exact) mass is 150 g/mol. The van der Waals surface area contributed by atoms with Crippen LogP contribution in [0.3, 0.4) is 0 Å². The maximum absolute atomic E-state index is 5.49. The average molecular weight is 151 g/mol. The van der Waals surface area contributed by atoms with Gasteiger partial charge in [-0.2, -0.15) is 0 Å². The van der Waals surface area contributed by atoms with E-state index in [1.165, 1.54) is 6.42 Å². The predicted molar refractivity (Wildman–Crippen MR) is 41.0 cm³/mol. The van der Waals surface area contributed by atoms with Crippen molar-refractivity contribution in [3.8, 4) is 0 Å². The molecule has 0 N–H and O–H groups in total. The number of methoxy groups -OCH3 is 1. The summed E-state index contributed by atoms with van der Waals surface area (Å²) in [5.41, 5.74) is 0. The van der Waals surface area contributed by atoms with E-state index < -0.39 is 0 Å². The number of hydrogen-bond donors (Lipinski definition) is 0. The Morgan fingerprint density at radius 1 is 1.44 bits per heavy atom. The maximum atomic E-state index is 5.49. The minimum absolute atomic E-state index is 0.396. The number of halogens is 1. The summed E-state index contributed by atoms with van der Waals surface area (Å²) < 4.78 is 5.05. The molecule has 0 saturated heterocycles. The van der Waals surface area contributed by atoms with Gasteiger partial charge in [-0.1, -0.05) is 0 Å². The molecular weight excluding hydrogens is 136 g/mol. The first kappa shape index (κ1) is 9.25. The van der Waals surface area contributed by atoms with Gasteiger partial charge in [-0.25, -0.2) is 0 Å². The van der Waals surface area contributed by atoms with E-state index in [1.54, 1.807) is 7.11 Å². The lowest BCUT2D eigenvalue weighted by molar-refractivity contribution is 0.109. The summed E-state index contributed by atoms with van der Waals surface area (Å²) in [6.07, 6.45) is 3.81. The molecule has 0 heterocycles. The van der Waals surface area contributed by atoms with Gasteiger partial charge in [0.05, 0.1) is 6.10 Å². The van der Waals surface area contributed by atoms with Crippen molar-refractivity contribution >= 4 is 11.6 Å². The van der Waals surface area contributed by atoms with E-state index in [2.05, 4.69) is 6.92 Å². The lowest BCUT2D eigenvalue weighted by atomic mass is 10.2. The van der Waals surface area contributed by atoms with Gasteiger partial charge in [0.15, 0.2) is 0 Å². The van der Waals surface area contributed by atoms with Crippen LogP contribution in [0.1, 0.15) is 26.2 Å². The summed E-state index contributed by atoms with van der Waals surface area (Å²) in [4.78, 5) is 0. The lowest BCUT2D eigenvalue weighted by Crippen LogP contribution is -2.03. The van der Waals surface area contributed by atoms with Crippen LogP contribution in [0, 0.1) is 0 Å². The van der Waals surface area contributed by atoms with Gasteiger partial charge in [0.25, 0.3) is 0 Å². The third-order valence-corrected chi connectivity index (χ3v) is 1.66. The fourth-order valence-electron chi connectivity index (χ4n) is 0.644. The molecule has 56 valence electrons. The van der Waals surface area contributed by atoms with Crippen molar-refractivity contribution in [3.63, 3.8) is 0 Å². The molecule has 0 aliphatic rings. The van der Waals surface area contributed by atoms with E-state index in [0.29, 0.717) is 6.10 Å². The Kier molecular flexibility index (Phi) is 6.55. The molecule has 0 saturated carbocycles. The Bertz CT molecular complexity index is 56.9. The number of unbranched alkanes of at least 4 members (excludes halogenated alkanes) is 1. The van der Waals surface area contributed by atoms with E-state index in [4.69, 9.17) is 16.3 Å². The molecule has 0 spiro atoms. The van der Waals surface area contributed by atoms with E-state index >= 15 is 0 Å². The molecule has 0 aromatic heterocycles. The molecule has 1 nitrogen and oxygen atoms in total. The van der Waals surface area contributed by atoms with Gasteiger partial charge in [0, 0.05) is 13.0 Å². The average Bonchev–Trinajstić information content (AvgIpc) is 1.89. The first-order valence-electron chi connectivity index (χ1n) is 3.40. The lowest BCUT2D eigenvalue weighted by Gasteiger charge is -2.06. The SMILES string of the molecule is COC(C)CCCCCl. The number of alkyl halides is 1. The van der Waals surface area contributed by atoms with E-state index in [1.807, 2.05) is 0 Å². The van der Waals surface area contributed by atoms with E-state index in [-0.39, 0.29) is 0 Å². The van der Waals surface area contributed by atoms with Crippen LogP contribution in [0.4, 0.5) is 0 Å². The molecular formula is C7H15ClO. The molecule has 0 aliphatic heterocycles. The third-order valence-electron chi connectivity index (χ3n) is 1.40. The quantitative estimate of drug-likeness (QED) is 0.432. The predicted octanol–water partition coefficient (Wildman–Crippen LogP) is 2.43. The van der Waals surface area contributed by atoms with Crippen molar-refractivity contribution < 1.29 is 4.74 Å². The maximum Gasteiger partial charge on any atom is 0.0543 e. The molecule has 0 aliphatic carbocycles. The van der Waals surface area contributed by atoms with Crippen molar-refractivity contribution in [2.45, 2.75) is 32.3 Å². The minimum atomic E-state index is 0.396. The highest BCUT2D eigenvalue weighted by Gasteiger charge is 1.96. The van der Waals surface area contributed by atoms with Crippen LogP contribution in [-0.2, 0) is 4.74 Å². The molecule has 0 amide bonds. The Hall–Kier alpha value is 0.250. The van der Waals surface area contributed by atoms with Crippen LogP contribution in [0.2, 0.25) is 0 Å². The summed E-state index contributed by atoms with van der Waals surface area (Å²) in [5, 5.41) is 0. The van der Waals surface area contributed by atoms with Gasteiger partial charge >= 0.3 is 0 Å². The second-order valence-corrected chi connectivity index (χ2v) is 2.61. The van der Waals surface area contributed by atoms with Gasteiger partial charge in [0.2, 0.25) is 0 Å². The van der Waals surface area contributed by atoms with Crippen molar-refractivity contribution in [2.24, 2.45) is 0 Å². The van der Waals surface area contributed by atoms with Crippen LogP contribution in [0.25, 0.3) is 0 Å². The molecule has 0 aromatic rings. The first-order chi connectivity index (χ1) is 4.31. The molecule has 2 heteroatoms. The largest absolute Gasteiger partial charge is 0.382 e. The molecule has 0 rings (SSSR count). The zero-order valence-electron chi connectivity index (χ0n) is 6.19. The van der Waals surface area contributed by atoms with E-state index in [0.717, 1.165) is 18.7 Å². The minimum Gasteiger partial charge on any atom is -0.382 e. The van der Waals surface area contributed by atoms with Gasteiger partial charge in [-0.05, 0) is 26.2 Å². The molecule has 0 bridgehead atoms. The van der Waals surface area contributed by atoms with E-state index in [9.17, 15) is 0 Å². The molecule has 1 atom stereocenters. The first-order valence-corrected chi connectivity index (χ1v) is 3.93. The van der Waals surface area contributed by atoms with Crippen LogP contribution < -0.4 is 0 Å². The molecule has 0 radical (unpaired) electrons. The summed E-state index contributed by atoms with van der Waals surface area (Å²) >= 11 is 5.49. The highest BCUT2D eigenvalue weighted by atomic mass is 35.5. The smallest absolute Gasteiger partial charge is 0.0543 e. The van der Waals surface area contributed by atoms with Gasteiger partial charge < -0.3 is 4.74 Å². The van der Waals surface area contributed by atoms with Crippen molar-refractivity contribution in [3.05, 3.63) is 0 Å². The number of ether oxygens (including phenoxy) is 1. The molecule has 0 aromatic carbocycles. The highest BCUT2D eigenvalue weighted by Crippen LogP contribution is 2.03. The second-order valence-electron chi connectivity index (χ2n) is 2.23. The standard InChI is InChI=1S/C7H15ClO/c1-7(9-2)5-3-4-6-8/h7H,3-6H2,1-2H3. The fourth-order valence-corrected chi connectivity index (χ4v) is 0.833. The molecule has 0 fully saturated rings. The van der Waals surface area contributed by atoms with Gasteiger partial charge in [0.1, 0.15) is 0 Å². The Balaban J connectivity index is 2.88. The van der Waals surface area contributed by atoms with Crippen LogP contribution in [0.5, 0.6) is 0 Å². The Morgan fingerprint density at radius 2 is 2.11 bits per heavy atom. The summed E-state index contributed by atoms with van der Waals surface area (Å²) in [6, 6.07) is 0. The summed E-state index contributed by atoms with van der Waals surface area (Å²) in [7, 11) is 1.74. The zero-order chi connectivity index (χ0) is 7.11. The topological polar surface area (TPSA) is 9.23 Å². The normalized spacial score (nSPS) is 13.7. The van der Waals surface area contributed by atoms with Crippen molar-refractivity contribution in [1.29, 1.82) is 0 Å². The summed E-state index contributed by atoms with van der Waals surface area (Å²) in [5.74, 6) is 0.774. The van der Waals surface area contributed by atoms with Crippen molar-refractivity contribution in [1.82, 2.24) is 0 Å². The number of hydrogen-bond acceptors (Lipinski definition) is 1. The van der Waals surface area contributed by atoms with Crippen molar-refractivity contribution in [2.75, 3.05) is 13.0 Å². The zero-order valence-corrected chi connectivity index (χ0v) is 6.95. The Morgan fingerprint density at radius 3 is 2.56 bits per heavy atom. The summed E-state index contributed by atoms with van der Waals surface area (Å²) in [6.45, 7) is 2.08. The second kappa shape index (κ2) is 6.37. The Labute approximate surface area is 62.3 Å². The van der Waals surface area contributed by atoms with Crippen LogP contribution in [-0.4, -0.2) is 19.1 Å². The van der Waals surface area contributed by atoms with Crippen LogP contribution in [0.15, 0.2) is 0 Å². The van der Waals surface area contributed by atoms with Gasteiger partial charge in [-0.3, -0.25) is 0 Å². The van der Waals surface area contributed by atoms with Gasteiger partial charge in [-0.15, -0.1) is 11.6 Å². The highest BCUT2D eigenvalue weighted by molar-refractivity contribution is 6.17.